The van der Waals surface area contributed by atoms with Gasteiger partial charge in [-0.15, -0.1) is 15.3 Å². The third kappa shape index (κ3) is 6.06. The summed E-state index contributed by atoms with van der Waals surface area (Å²) in [7, 11) is 1.57. The molecule has 2 amide bonds. The molecule has 12 nitrogen and oxygen atoms in total. The van der Waals surface area contributed by atoms with Gasteiger partial charge in [-0.25, -0.2) is 0 Å². The molecule has 0 spiro atoms. The van der Waals surface area contributed by atoms with Crippen LogP contribution >= 0.6 is 11.3 Å². The molecule has 1 aliphatic rings. The molecule has 0 bridgehead atoms. The van der Waals surface area contributed by atoms with Crippen molar-refractivity contribution in [3.63, 3.8) is 0 Å². The van der Waals surface area contributed by atoms with E-state index in [4.69, 9.17) is 14.6 Å². The molecule has 2 aromatic rings. The summed E-state index contributed by atoms with van der Waals surface area (Å²) >= 11 is 1.30. The first-order valence-corrected chi connectivity index (χ1v) is 9.22. The summed E-state index contributed by atoms with van der Waals surface area (Å²) in [5.41, 5.74) is 0. The number of hydrogen-bond donors (Lipinski definition) is 2. The van der Waals surface area contributed by atoms with E-state index in [9.17, 15) is 9.59 Å². The maximum atomic E-state index is 12.3. The van der Waals surface area contributed by atoms with Gasteiger partial charge in [0.25, 0.3) is 6.47 Å². The van der Waals surface area contributed by atoms with E-state index in [1.165, 1.54) is 16.2 Å². The highest BCUT2D eigenvalue weighted by molar-refractivity contribution is 7.15. The predicted octanol–water partition coefficient (Wildman–Crippen LogP) is -0.464. The molecule has 0 aliphatic carbocycles. The van der Waals surface area contributed by atoms with Gasteiger partial charge in [-0.05, 0) is 6.42 Å². The van der Waals surface area contributed by atoms with Crippen LogP contribution in [-0.4, -0.2) is 68.8 Å². The zero-order chi connectivity index (χ0) is 20.4. The van der Waals surface area contributed by atoms with Gasteiger partial charge in [0.2, 0.25) is 16.9 Å². The SMILES string of the molecule is COCc1nnc(N2CC(C(=O)NCCCn3ccnn3)CC2=O)s1.O=CO. The molecule has 1 saturated heterocycles. The van der Waals surface area contributed by atoms with Crippen LogP contribution in [0.2, 0.25) is 0 Å². The van der Waals surface area contributed by atoms with E-state index in [0.717, 1.165) is 6.42 Å². The third-order valence-electron chi connectivity index (χ3n) is 3.79. The quantitative estimate of drug-likeness (QED) is 0.434. The number of nitrogens with zero attached hydrogens (tertiary/aromatic N) is 6. The Hall–Kier alpha value is -2.93. The summed E-state index contributed by atoms with van der Waals surface area (Å²) in [5.74, 6) is -0.590. The second-order valence-corrected chi connectivity index (χ2v) is 6.77. The maximum absolute atomic E-state index is 12.3. The number of carbonyl (C=O) groups excluding carboxylic acids is 2. The Labute approximate surface area is 164 Å². The number of aromatic nitrogens is 5. The lowest BCUT2D eigenvalue weighted by molar-refractivity contribution is -0.126. The number of carbonyl (C=O) groups is 3. The highest BCUT2D eigenvalue weighted by Gasteiger charge is 2.36. The molecule has 3 rings (SSSR count). The fourth-order valence-electron chi connectivity index (χ4n) is 2.55. The van der Waals surface area contributed by atoms with Crippen LogP contribution in [0.25, 0.3) is 0 Å². The predicted molar refractivity (Wildman–Crippen MR) is 97.4 cm³/mol. The van der Waals surface area contributed by atoms with Gasteiger partial charge in [0.1, 0.15) is 11.6 Å². The van der Waals surface area contributed by atoms with Gasteiger partial charge in [-0.3, -0.25) is 24.0 Å². The first-order chi connectivity index (χ1) is 13.6. The Morgan fingerprint density at radius 2 is 2.29 bits per heavy atom. The molecule has 152 valence electrons. The Bertz CT molecular complexity index is 767. The number of carboxylic acid groups (broad SMARTS) is 1. The van der Waals surface area contributed by atoms with Crippen molar-refractivity contribution < 1.29 is 24.2 Å². The minimum atomic E-state index is -0.367. The summed E-state index contributed by atoms with van der Waals surface area (Å²) in [6, 6.07) is 0. The lowest BCUT2D eigenvalue weighted by atomic mass is 10.1. The second kappa shape index (κ2) is 11.0. The zero-order valence-corrected chi connectivity index (χ0v) is 16.0. The summed E-state index contributed by atoms with van der Waals surface area (Å²) < 4.78 is 6.71. The number of methoxy groups -OCH3 is 1. The van der Waals surface area contributed by atoms with Crippen LogP contribution in [0.1, 0.15) is 17.8 Å². The Kier molecular flexibility index (Phi) is 8.42. The highest BCUT2D eigenvalue weighted by Crippen LogP contribution is 2.28. The Balaban J connectivity index is 0.000000878. The van der Waals surface area contributed by atoms with Crippen LogP contribution in [-0.2, 0) is 32.3 Å². The van der Waals surface area contributed by atoms with Crippen molar-refractivity contribution in [1.82, 2.24) is 30.5 Å². The molecule has 1 fully saturated rings. The van der Waals surface area contributed by atoms with Gasteiger partial charge in [0.05, 0.1) is 12.1 Å². The fraction of sp³-hybridized carbons (Fsp3) is 0.533. The van der Waals surface area contributed by atoms with E-state index in [-0.39, 0.29) is 30.6 Å². The minimum Gasteiger partial charge on any atom is -0.483 e. The topological polar surface area (TPSA) is 152 Å². The normalized spacial score (nSPS) is 15.8. The molecule has 0 saturated carbocycles. The molecular formula is C15H21N7O5S. The van der Waals surface area contributed by atoms with Gasteiger partial charge in [-0.1, -0.05) is 16.6 Å². The monoisotopic (exact) mass is 411 g/mol. The summed E-state index contributed by atoms with van der Waals surface area (Å²) in [6.07, 6.45) is 4.32. The van der Waals surface area contributed by atoms with Crippen molar-refractivity contribution in [2.45, 2.75) is 26.0 Å². The Morgan fingerprint density at radius 1 is 1.50 bits per heavy atom. The van der Waals surface area contributed by atoms with Crippen molar-refractivity contribution in [1.29, 1.82) is 0 Å². The highest BCUT2D eigenvalue weighted by atomic mass is 32.1. The van der Waals surface area contributed by atoms with Crippen molar-refractivity contribution in [2.24, 2.45) is 5.92 Å². The van der Waals surface area contributed by atoms with Crippen molar-refractivity contribution in [3.05, 3.63) is 17.4 Å². The number of hydrogen-bond acceptors (Lipinski definition) is 9. The summed E-state index contributed by atoms with van der Waals surface area (Å²) in [5, 5.41) is 26.5. The number of amides is 2. The van der Waals surface area contributed by atoms with E-state index in [0.29, 0.717) is 36.4 Å². The van der Waals surface area contributed by atoms with Crippen LogP contribution in [0.15, 0.2) is 12.4 Å². The summed E-state index contributed by atoms with van der Waals surface area (Å²) in [4.78, 5) is 34.3. The zero-order valence-electron chi connectivity index (χ0n) is 15.2. The molecule has 28 heavy (non-hydrogen) atoms. The molecule has 2 aromatic heterocycles. The molecule has 1 unspecified atom stereocenters. The molecule has 0 radical (unpaired) electrons. The second-order valence-electron chi connectivity index (χ2n) is 5.73. The van der Waals surface area contributed by atoms with E-state index in [1.807, 2.05) is 0 Å². The average molecular weight is 411 g/mol. The third-order valence-corrected chi connectivity index (χ3v) is 4.71. The Morgan fingerprint density at radius 3 is 2.96 bits per heavy atom. The van der Waals surface area contributed by atoms with Gasteiger partial charge < -0.3 is 15.2 Å². The van der Waals surface area contributed by atoms with Gasteiger partial charge in [-0.2, -0.15) is 0 Å². The molecule has 1 atom stereocenters. The van der Waals surface area contributed by atoms with Crippen molar-refractivity contribution >= 4 is 34.8 Å². The minimum absolute atomic E-state index is 0.108. The maximum Gasteiger partial charge on any atom is 0.290 e. The van der Waals surface area contributed by atoms with Crippen LogP contribution in [0.4, 0.5) is 5.13 Å². The number of anilines is 1. The molecular weight excluding hydrogens is 390 g/mol. The smallest absolute Gasteiger partial charge is 0.290 e. The first-order valence-electron chi connectivity index (χ1n) is 8.40. The van der Waals surface area contributed by atoms with E-state index < -0.39 is 0 Å². The van der Waals surface area contributed by atoms with E-state index in [2.05, 4.69) is 25.8 Å². The molecule has 13 heteroatoms. The summed E-state index contributed by atoms with van der Waals surface area (Å²) in [6.45, 7) is 1.65. The van der Waals surface area contributed by atoms with Gasteiger partial charge in [0, 0.05) is 39.4 Å². The average Bonchev–Trinajstić information content (AvgIpc) is 3.40. The number of rotatable bonds is 8. The van der Waals surface area contributed by atoms with Gasteiger partial charge in [0.15, 0.2) is 0 Å². The number of nitrogens with one attached hydrogen (secondary N) is 1. The standard InChI is InChI=1S/C14H19N7O3S.CH2O2/c1-24-9-11-17-18-14(25-11)21-8-10(7-12(21)22)13(23)15-3-2-5-20-6-4-16-19-20;2-1-3/h4,6,10H,2-3,5,7-9H2,1H3,(H,15,23);1H,(H,2,3). The molecule has 1 aliphatic heterocycles. The van der Waals surface area contributed by atoms with Gasteiger partial charge >= 0.3 is 0 Å². The van der Waals surface area contributed by atoms with Crippen LogP contribution in [0.5, 0.6) is 0 Å². The van der Waals surface area contributed by atoms with Crippen LogP contribution in [0.3, 0.4) is 0 Å². The fourth-order valence-corrected chi connectivity index (χ4v) is 3.39. The van der Waals surface area contributed by atoms with Crippen molar-refractivity contribution in [3.8, 4) is 0 Å². The lowest BCUT2D eigenvalue weighted by Gasteiger charge is -2.12. The van der Waals surface area contributed by atoms with Crippen LogP contribution in [0, 0.1) is 5.92 Å². The van der Waals surface area contributed by atoms with E-state index >= 15 is 0 Å². The number of aryl methyl sites for hydroxylation is 1. The largest absolute Gasteiger partial charge is 0.483 e. The van der Waals surface area contributed by atoms with E-state index in [1.54, 1.807) is 24.2 Å². The van der Waals surface area contributed by atoms with Crippen molar-refractivity contribution in [2.75, 3.05) is 25.1 Å². The molecule has 3 heterocycles. The number of ether oxygens (including phenoxy) is 1. The molecule has 0 aromatic carbocycles. The molecule has 2 N–H and O–H groups in total. The van der Waals surface area contributed by atoms with Crippen LogP contribution < -0.4 is 10.2 Å². The lowest BCUT2D eigenvalue weighted by Crippen LogP contribution is -2.33. The first kappa shape index (κ1) is 21.4.